The van der Waals surface area contributed by atoms with Gasteiger partial charge in [-0.3, -0.25) is 4.79 Å². The van der Waals surface area contributed by atoms with E-state index in [1.807, 2.05) is 0 Å². The first-order valence-corrected chi connectivity index (χ1v) is 7.95. The highest BCUT2D eigenvalue weighted by Gasteiger charge is 2.26. The van der Waals surface area contributed by atoms with Crippen LogP contribution < -0.4 is 10.1 Å². The molecule has 1 heterocycles. The van der Waals surface area contributed by atoms with Gasteiger partial charge < -0.3 is 19.7 Å². The monoisotopic (exact) mass is 348 g/mol. The number of carbonyl (C=O) groups excluding carboxylic acids is 1. The molecule has 1 aromatic heterocycles. The number of nitrogens with zero attached hydrogens (tertiary/aromatic N) is 1. The number of carbonyl (C=O) groups is 2. The van der Waals surface area contributed by atoms with Gasteiger partial charge in [-0.1, -0.05) is 5.16 Å². The zero-order valence-corrected chi connectivity index (χ0v) is 13.3. The van der Waals surface area contributed by atoms with Gasteiger partial charge in [0.1, 0.15) is 17.3 Å². The van der Waals surface area contributed by atoms with Crippen LogP contribution in [0, 0.1) is 5.82 Å². The second kappa shape index (κ2) is 7.33. The Hall–Kier alpha value is -2.90. The number of aryl methyl sites for hydroxylation is 1. The number of hydrogen-bond acceptors (Lipinski definition) is 5. The van der Waals surface area contributed by atoms with E-state index in [-0.39, 0.29) is 18.0 Å². The highest BCUT2D eigenvalue weighted by molar-refractivity contribution is 5.94. The van der Waals surface area contributed by atoms with E-state index in [0.717, 1.165) is 43.4 Å². The molecule has 0 saturated heterocycles. The standard InChI is InChI=1S/C17H17FN2O5/c18-10-5-7-11(8-6-10)24-14(17(22)23)9-19-16(21)15-12-3-1-2-4-13(12)25-20-15/h5-8,14H,1-4,9H2,(H,19,21)(H,22,23). The van der Waals surface area contributed by atoms with Crippen LogP contribution >= 0.6 is 0 Å². The molecular weight excluding hydrogens is 331 g/mol. The Morgan fingerprint density at radius 2 is 2.00 bits per heavy atom. The first kappa shape index (κ1) is 16.9. The summed E-state index contributed by atoms with van der Waals surface area (Å²) in [5, 5.41) is 15.5. The number of aliphatic carboxylic acids is 1. The van der Waals surface area contributed by atoms with Gasteiger partial charge in [0.2, 0.25) is 6.10 Å². The summed E-state index contributed by atoms with van der Waals surface area (Å²) in [6.07, 6.45) is 2.12. The number of rotatable bonds is 6. The molecule has 1 aliphatic carbocycles. The summed E-state index contributed by atoms with van der Waals surface area (Å²) >= 11 is 0. The molecule has 0 radical (unpaired) electrons. The van der Waals surface area contributed by atoms with Crippen LogP contribution in [0.25, 0.3) is 0 Å². The third kappa shape index (κ3) is 3.96. The highest BCUT2D eigenvalue weighted by atomic mass is 19.1. The predicted octanol–water partition coefficient (Wildman–Crippen LogP) is 1.95. The molecule has 0 saturated carbocycles. The van der Waals surface area contributed by atoms with Crippen LogP contribution in [0.5, 0.6) is 5.75 Å². The fraction of sp³-hybridized carbons (Fsp3) is 0.353. The van der Waals surface area contributed by atoms with Crippen molar-refractivity contribution in [2.24, 2.45) is 0 Å². The molecule has 3 rings (SSSR count). The Balaban J connectivity index is 1.63. The van der Waals surface area contributed by atoms with Crippen molar-refractivity contribution in [1.82, 2.24) is 10.5 Å². The van der Waals surface area contributed by atoms with Crippen molar-refractivity contribution in [3.05, 3.63) is 47.1 Å². The van der Waals surface area contributed by atoms with Crippen molar-refractivity contribution in [2.45, 2.75) is 31.8 Å². The largest absolute Gasteiger partial charge is 0.478 e. The first-order chi connectivity index (χ1) is 12.0. The van der Waals surface area contributed by atoms with E-state index in [2.05, 4.69) is 10.5 Å². The molecule has 0 aliphatic heterocycles. The number of ether oxygens (including phenoxy) is 1. The van der Waals surface area contributed by atoms with Crippen molar-refractivity contribution in [2.75, 3.05) is 6.54 Å². The van der Waals surface area contributed by atoms with Crippen LogP contribution in [0.15, 0.2) is 28.8 Å². The minimum absolute atomic E-state index is 0.195. The van der Waals surface area contributed by atoms with E-state index >= 15 is 0 Å². The maximum Gasteiger partial charge on any atom is 0.346 e. The number of benzene rings is 1. The lowest BCUT2D eigenvalue weighted by molar-refractivity contribution is -0.144. The van der Waals surface area contributed by atoms with Crippen LogP contribution in [0.4, 0.5) is 4.39 Å². The van der Waals surface area contributed by atoms with Crippen LogP contribution in [0.2, 0.25) is 0 Å². The van der Waals surface area contributed by atoms with Gasteiger partial charge in [0.25, 0.3) is 5.91 Å². The van der Waals surface area contributed by atoms with Gasteiger partial charge in [-0.05, 0) is 43.5 Å². The van der Waals surface area contributed by atoms with Gasteiger partial charge in [0, 0.05) is 12.0 Å². The fourth-order valence-electron chi connectivity index (χ4n) is 2.69. The molecular formula is C17H17FN2O5. The van der Waals surface area contributed by atoms with Crippen LogP contribution in [0.3, 0.4) is 0 Å². The summed E-state index contributed by atoms with van der Waals surface area (Å²) < 4.78 is 23.3. The van der Waals surface area contributed by atoms with Crippen molar-refractivity contribution >= 4 is 11.9 Å². The number of amides is 1. The molecule has 0 spiro atoms. The highest BCUT2D eigenvalue weighted by Crippen LogP contribution is 2.24. The van der Waals surface area contributed by atoms with Gasteiger partial charge >= 0.3 is 5.97 Å². The second-order valence-corrected chi connectivity index (χ2v) is 5.75. The summed E-state index contributed by atoms with van der Waals surface area (Å²) in [6, 6.07) is 4.96. The Bertz CT molecular complexity index is 772. The zero-order chi connectivity index (χ0) is 17.8. The number of nitrogens with one attached hydrogen (secondary N) is 1. The molecule has 1 aromatic carbocycles. The number of halogens is 1. The summed E-state index contributed by atoms with van der Waals surface area (Å²) in [5.41, 5.74) is 0.982. The van der Waals surface area contributed by atoms with Gasteiger partial charge in [-0.25, -0.2) is 9.18 Å². The molecule has 1 atom stereocenters. The molecule has 132 valence electrons. The van der Waals surface area contributed by atoms with Crippen LogP contribution in [-0.2, 0) is 17.6 Å². The number of fused-ring (bicyclic) bond motifs is 1. The Morgan fingerprint density at radius 3 is 2.72 bits per heavy atom. The lowest BCUT2D eigenvalue weighted by atomic mass is 9.96. The lowest BCUT2D eigenvalue weighted by Gasteiger charge is -2.16. The minimum Gasteiger partial charge on any atom is -0.478 e. The van der Waals surface area contributed by atoms with Crippen LogP contribution in [-0.4, -0.2) is 34.8 Å². The Labute approximate surface area is 142 Å². The number of aromatic nitrogens is 1. The maximum absolute atomic E-state index is 12.9. The van der Waals surface area contributed by atoms with Crippen molar-refractivity contribution in [3.8, 4) is 5.75 Å². The normalized spacial score (nSPS) is 14.4. The lowest BCUT2D eigenvalue weighted by Crippen LogP contribution is -2.40. The molecule has 7 nitrogen and oxygen atoms in total. The quantitative estimate of drug-likeness (QED) is 0.827. The Kier molecular flexibility index (Phi) is 4.97. The minimum atomic E-state index is -1.31. The first-order valence-electron chi connectivity index (χ1n) is 7.95. The smallest absolute Gasteiger partial charge is 0.346 e. The second-order valence-electron chi connectivity index (χ2n) is 5.75. The third-order valence-corrected chi connectivity index (χ3v) is 3.98. The third-order valence-electron chi connectivity index (χ3n) is 3.98. The summed E-state index contributed by atoms with van der Waals surface area (Å²) in [5.74, 6) is -1.29. The predicted molar refractivity (Wildman–Crippen MR) is 83.9 cm³/mol. The molecule has 1 unspecified atom stereocenters. The molecule has 0 fully saturated rings. The average molecular weight is 348 g/mol. The van der Waals surface area contributed by atoms with Crippen molar-refractivity contribution in [3.63, 3.8) is 0 Å². The molecule has 8 heteroatoms. The fourth-order valence-corrected chi connectivity index (χ4v) is 2.69. The maximum atomic E-state index is 12.9. The number of hydrogen-bond donors (Lipinski definition) is 2. The molecule has 2 N–H and O–H groups in total. The Morgan fingerprint density at radius 1 is 1.28 bits per heavy atom. The summed E-state index contributed by atoms with van der Waals surface area (Å²) in [4.78, 5) is 23.6. The molecule has 1 aliphatic rings. The molecule has 0 bridgehead atoms. The van der Waals surface area contributed by atoms with Gasteiger partial charge in [0.05, 0.1) is 6.54 Å². The summed E-state index contributed by atoms with van der Waals surface area (Å²) in [7, 11) is 0. The van der Waals surface area contributed by atoms with Crippen LogP contribution in [0.1, 0.15) is 34.7 Å². The number of carboxylic acid groups (broad SMARTS) is 1. The van der Waals surface area contributed by atoms with E-state index in [0.29, 0.717) is 5.76 Å². The van der Waals surface area contributed by atoms with Gasteiger partial charge in [-0.2, -0.15) is 0 Å². The zero-order valence-electron chi connectivity index (χ0n) is 13.3. The molecule has 2 aromatic rings. The molecule has 1 amide bonds. The van der Waals surface area contributed by atoms with Crippen molar-refractivity contribution < 1.29 is 28.3 Å². The van der Waals surface area contributed by atoms with Crippen molar-refractivity contribution in [1.29, 1.82) is 0 Å². The topological polar surface area (TPSA) is 102 Å². The SMILES string of the molecule is O=C(NCC(Oc1ccc(F)cc1)C(=O)O)c1noc2c1CCCC2. The average Bonchev–Trinajstić information content (AvgIpc) is 3.04. The van der Waals surface area contributed by atoms with E-state index in [1.165, 1.54) is 12.1 Å². The molecule has 25 heavy (non-hydrogen) atoms. The van der Waals surface area contributed by atoms with E-state index in [1.54, 1.807) is 0 Å². The van der Waals surface area contributed by atoms with Gasteiger partial charge in [-0.15, -0.1) is 0 Å². The van der Waals surface area contributed by atoms with Gasteiger partial charge in [0.15, 0.2) is 5.69 Å². The van der Waals surface area contributed by atoms with E-state index in [4.69, 9.17) is 9.26 Å². The van der Waals surface area contributed by atoms with E-state index < -0.39 is 23.8 Å². The number of carboxylic acids is 1. The van der Waals surface area contributed by atoms with E-state index in [9.17, 15) is 19.1 Å². The summed E-state index contributed by atoms with van der Waals surface area (Å²) in [6.45, 7) is -0.257.